The van der Waals surface area contributed by atoms with Crippen LogP contribution in [0.4, 0.5) is 5.69 Å². The molecular formula is C16H26N2O3. The first-order valence-electron chi connectivity index (χ1n) is 7.14. The number of nitrogens with two attached hydrogens (primary N) is 1. The van der Waals surface area contributed by atoms with E-state index in [9.17, 15) is 4.79 Å². The van der Waals surface area contributed by atoms with Crippen molar-refractivity contribution in [2.75, 3.05) is 19.0 Å². The molecule has 0 aliphatic rings. The van der Waals surface area contributed by atoms with Gasteiger partial charge in [-0.25, -0.2) is 0 Å². The second-order valence-electron chi connectivity index (χ2n) is 5.62. The largest absolute Gasteiger partial charge is 0.379 e. The molecule has 118 valence electrons. The highest BCUT2D eigenvalue weighted by atomic mass is 16.5. The molecule has 21 heavy (non-hydrogen) atoms. The highest BCUT2D eigenvalue weighted by Gasteiger charge is 2.19. The zero-order valence-electron chi connectivity index (χ0n) is 13.3. The van der Waals surface area contributed by atoms with Crippen molar-refractivity contribution in [1.29, 1.82) is 0 Å². The summed E-state index contributed by atoms with van der Waals surface area (Å²) in [7, 11) is 1.67. The summed E-state index contributed by atoms with van der Waals surface area (Å²) in [6.45, 7) is 6.63. The van der Waals surface area contributed by atoms with Crippen LogP contribution in [0.5, 0.6) is 0 Å². The molecule has 5 nitrogen and oxygen atoms in total. The van der Waals surface area contributed by atoms with Gasteiger partial charge in [0.05, 0.1) is 12.2 Å². The molecule has 0 aromatic heterocycles. The summed E-state index contributed by atoms with van der Waals surface area (Å²) in [5.41, 5.74) is 7.04. The Kier molecular flexibility index (Phi) is 6.81. The van der Waals surface area contributed by atoms with Crippen molar-refractivity contribution in [1.82, 2.24) is 0 Å². The lowest BCUT2D eigenvalue weighted by Crippen LogP contribution is -2.31. The van der Waals surface area contributed by atoms with Crippen LogP contribution in [0.15, 0.2) is 24.3 Å². The topological polar surface area (TPSA) is 73.6 Å². The number of benzene rings is 1. The third kappa shape index (κ3) is 6.25. The SMILES string of the molecule is COC(C)(C)CCOC(C)C(=O)Nc1cccc(CN)c1. The Morgan fingerprint density at radius 1 is 1.43 bits per heavy atom. The number of rotatable bonds is 8. The lowest BCUT2D eigenvalue weighted by atomic mass is 10.1. The van der Waals surface area contributed by atoms with E-state index >= 15 is 0 Å². The number of hydrogen-bond acceptors (Lipinski definition) is 4. The van der Waals surface area contributed by atoms with Gasteiger partial charge < -0.3 is 20.5 Å². The predicted molar refractivity (Wildman–Crippen MR) is 84.1 cm³/mol. The molecule has 1 atom stereocenters. The molecular weight excluding hydrogens is 268 g/mol. The predicted octanol–water partition coefficient (Wildman–Crippen LogP) is 2.30. The van der Waals surface area contributed by atoms with E-state index in [1.54, 1.807) is 14.0 Å². The minimum Gasteiger partial charge on any atom is -0.379 e. The number of methoxy groups -OCH3 is 1. The Balaban J connectivity index is 2.44. The normalized spacial score (nSPS) is 13.0. The summed E-state index contributed by atoms with van der Waals surface area (Å²) in [6.07, 6.45) is 0.211. The van der Waals surface area contributed by atoms with Crippen molar-refractivity contribution in [2.45, 2.75) is 45.4 Å². The number of ether oxygens (including phenoxy) is 2. The number of anilines is 1. The molecule has 0 bridgehead atoms. The number of carbonyl (C=O) groups is 1. The van der Waals surface area contributed by atoms with Gasteiger partial charge in [-0.1, -0.05) is 12.1 Å². The Hall–Kier alpha value is -1.43. The van der Waals surface area contributed by atoms with Gasteiger partial charge in [0.2, 0.25) is 0 Å². The second kappa shape index (κ2) is 8.12. The lowest BCUT2D eigenvalue weighted by Gasteiger charge is -2.23. The number of hydrogen-bond donors (Lipinski definition) is 2. The third-order valence-corrected chi connectivity index (χ3v) is 3.42. The second-order valence-corrected chi connectivity index (χ2v) is 5.62. The van der Waals surface area contributed by atoms with Crippen molar-refractivity contribution < 1.29 is 14.3 Å². The summed E-state index contributed by atoms with van der Waals surface area (Å²) < 4.78 is 10.9. The lowest BCUT2D eigenvalue weighted by molar-refractivity contribution is -0.127. The van der Waals surface area contributed by atoms with Gasteiger partial charge in [0.1, 0.15) is 6.10 Å². The molecule has 1 aromatic carbocycles. The van der Waals surface area contributed by atoms with Crippen molar-refractivity contribution in [2.24, 2.45) is 5.73 Å². The molecule has 0 fully saturated rings. The maximum Gasteiger partial charge on any atom is 0.253 e. The molecule has 0 saturated carbocycles. The van der Waals surface area contributed by atoms with Gasteiger partial charge in [0.15, 0.2) is 0 Å². The van der Waals surface area contributed by atoms with Gasteiger partial charge in [-0.2, -0.15) is 0 Å². The van der Waals surface area contributed by atoms with E-state index in [1.807, 2.05) is 38.1 Å². The average Bonchev–Trinajstić information content (AvgIpc) is 2.47. The molecule has 0 aliphatic carbocycles. The van der Waals surface area contributed by atoms with Gasteiger partial charge in [0, 0.05) is 19.3 Å². The Morgan fingerprint density at radius 3 is 2.76 bits per heavy atom. The molecule has 0 heterocycles. The Bertz CT molecular complexity index is 461. The third-order valence-electron chi connectivity index (χ3n) is 3.42. The molecule has 0 spiro atoms. The smallest absolute Gasteiger partial charge is 0.253 e. The maximum atomic E-state index is 12.0. The summed E-state index contributed by atoms with van der Waals surface area (Å²) in [4.78, 5) is 12.0. The van der Waals surface area contributed by atoms with Crippen LogP contribution in [0.25, 0.3) is 0 Å². The zero-order valence-corrected chi connectivity index (χ0v) is 13.3. The van der Waals surface area contributed by atoms with Crippen LogP contribution in [-0.2, 0) is 20.8 Å². The highest BCUT2D eigenvalue weighted by molar-refractivity contribution is 5.93. The van der Waals surface area contributed by atoms with E-state index in [0.29, 0.717) is 13.2 Å². The monoisotopic (exact) mass is 294 g/mol. The van der Waals surface area contributed by atoms with Crippen LogP contribution in [0, 0.1) is 0 Å². The fourth-order valence-electron chi connectivity index (χ4n) is 1.68. The van der Waals surface area contributed by atoms with Gasteiger partial charge in [0.25, 0.3) is 5.91 Å². The highest BCUT2D eigenvalue weighted by Crippen LogP contribution is 2.14. The minimum absolute atomic E-state index is 0.167. The fourth-order valence-corrected chi connectivity index (χ4v) is 1.68. The van der Waals surface area contributed by atoms with E-state index < -0.39 is 6.10 Å². The number of carbonyl (C=O) groups excluding carboxylic acids is 1. The molecule has 1 aromatic rings. The fraction of sp³-hybridized carbons (Fsp3) is 0.562. The number of amides is 1. The number of nitrogens with one attached hydrogen (secondary N) is 1. The van der Waals surface area contributed by atoms with Gasteiger partial charge in [-0.3, -0.25) is 4.79 Å². The first-order valence-corrected chi connectivity index (χ1v) is 7.14. The summed E-state index contributed by atoms with van der Waals surface area (Å²) in [5.74, 6) is -0.167. The van der Waals surface area contributed by atoms with Crippen molar-refractivity contribution in [3.63, 3.8) is 0 Å². The van der Waals surface area contributed by atoms with Crippen molar-refractivity contribution >= 4 is 11.6 Å². The van der Waals surface area contributed by atoms with Crippen molar-refractivity contribution in [3.05, 3.63) is 29.8 Å². The standard InChI is InChI=1S/C16H26N2O3/c1-12(21-9-8-16(2,3)20-4)15(19)18-14-7-5-6-13(10-14)11-17/h5-7,10,12H,8-9,11,17H2,1-4H3,(H,18,19). The molecule has 1 rings (SSSR count). The molecule has 0 radical (unpaired) electrons. The summed E-state index contributed by atoms with van der Waals surface area (Å²) in [5, 5.41) is 2.83. The minimum atomic E-state index is -0.515. The molecule has 5 heteroatoms. The zero-order chi connectivity index (χ0) is 15.9. The average molecular weight is 294 g/mol. The van der Waals surface area contributed by atoms with Gasteiger partial charge in [-0.15, -0.1) is 0 Å². The van der Waals surface area contributed by atoms with E-state index in [1.165, 1.54) is 0 Å². The first-order chi connectivity index (χ1) is 9.88. The van der Waals surface area contributed by atoms with Crippen LogP contribution in [-0.4, -0.2) is 31.3 Å². The van der Waals surface area contributed by atoms with Crippen molar-refractivity contribution in [3.8, 4) is 0 Å². The summed E-state index contributed by atoms with van der Waals surface area (Å²) >= 11 is 0. The van der Waals surface area contributed by atoms with E-state index in [4.69, 9.17) is 15.2 Å². The van der Waals surface area contributed by atoms with Crippen LogP contribution in [0.3, 0.4) is 0 Å². The Labute approximate surface area is 126 Å². The van der Waals surface area contributed by atoms with Crippen LogP contribution >= 0.6 is 0 Å². The van der Waals surface area contributed by atoms with Crippen LogP contribution < -0.4 is 11.1 Å². The Morgan fingerprint density at radius 2 is 2.14 bits per heavy atom. The quantitative estimate of drug-likeness (QED) is 0.771. The molecule has 3 N–H and O–H groups in total. The van der Waals surface area contributed by atoms with E-state index in [0.717, 1.165) is 17.7 Å². The molecule has 1 amide bonds. The molecule has 0 saturated heterocycles. The van der Waals surface area contributed by atoms with Crippen LogP contribution in [0.2, 0.25) is 0 Å². The van der Waals surface area contributed by atoms with Gasteiger partial charge in [-0.05, 0) is 44.9 Å². The summed E-state index contributed by atoms with van der Waals surface area (Å²) in [6, 6.07) is 7.48. The first kappa shape index (κ1) is 17.6. The van der Waals surface area contributed by atoms with E-state index in [-0.39, 0.29) is 11.5 Å². The van der Waals surface area contributed by atoms with Gasteiger partial charge >= 0.3 is 0 Å². The van der Waals surface area contributed by atoms with E-state index in [2.05, 4.69) is 5.32 Å². The maximum absolute atomic E-state index is 12.0. The molecule has 0 aliphatic heterocycles. The molecule has 1 unspecified atom stereocenters. The van der Waals surface area contributed by atoms with Crippen LogP contribution in [0.1, 0.15) is 32.8 Å².